The number of hydrogen-bond donors (Lipinski definition) is 0. The largest absolute Gasteiger partial charge is 0.339 e. The topological polar surface area (TPSA) is 40.6 Å². The molecule has 1 saturated heterocycles. The minimum atomic E-state index is -0.334. The summed E-state index contributed by atoms with van der Waals surface area (Å²) in [4.78, 5) is 28.4. The lowest BCUT2D eigenvalue weighted by Crippen LogP contribution is -2.51. The Morgan fingerprint density at radius 1 is 0.960 bits per heavy atom. The van der Waals surface area contributed by atoms with Gasteiger partial charge in [0.15, 0.2) is 0 Å². The number of aryl methyl sites for hydroxylation is 1. The van der Waals surface area contributed by atoms with E-state index in [1.807, 2.05) is 31.2 Å². The summed E-state index contributed by atoms with van der Waals surface area (Å²) in [5.41, 5.74) is 2.46. The number of nitrogens with zero attached hydrogens (tertiary/aromatic N) is 2. The summed E-state index contributed by atoms with van der Waals surface area (Å²) in [5, 5.41) is 0. The van der Waals surface area contributed by atoms with Gasteiger partial charge in [-0.25, -0.2) is 4.39 Å². The molecular formula is C20H21FN2O2. The maximum absolute atomic E-state index is 13.2. The van der Waals surface area contributed by atoms with Crippen LogP contribution in [0.1, 0.15) is 21.5 Å². The van der Waals surface area contributed by atoms with Crippen molar-refractivity contribution in [3.63, 3.8) is 0 Å². The molecule has 3 rings (SSSR count). The molecule has 1 aliphatic heterocycles. The maximum Gasteiger partial charge on any atom is 0.253 e. The number of piperazine rings is 1. The van der Waals surface area contributed by atoms with Crippen LogP contribution in [-0.2, 0) is 11.2 Å². The number of carbonyl (C=O) groups is 2. The van der Waals surface area contributed by atoms with Crippen molar-refractivity contribution in [3.8, 4) is 0 Å². The van der Waals surface area contributed by atoms with Gasteiger partial charge in [0.25, 0.3) is 5.91 Å². The van der Waals surface area contributed by atoms with Crippen molar-refractivity contribution < 1.29 is 14.0 Å². The summed E-state index contributed by atoms with van der Waals surface area (Å²) in [5.74, 6) is -0.371. The van der Waals surface area contributed by atoms with E-state index in [0.29, 0.717) is 37.3 Å². The van der Waals surface area contributed by atoms with Crippen molar-refractivity contribution in [3.05, 3.63) is 71.0 Å². The van der Waals surface area contributed by atoms with Gasteiger partial charge in [-0.05, 0) is 36.8 Å². The van der Waals surface area contributed by atoms with Gasteiger partial charge in [0, 0.05) is 31.7 Å². The average molecular weight is 340 g/mol. The smallest absolute Gasteiger partial charge is 0.253 e. The predicted molar refractivity (Wildman–Crippen MR) is 93.8 cm³/mol. The Bertz CT molecular complexity index is 766. The molecule has 1 fully saturated rings. The summed E-state index contributed by atoms with van der Waals surface area (Å²) < 4.78 is 13.2. The van der Waals surface area contributed by atoms with Crippen molar-refractivity contribution in [2.75, 3.05) is 26.2 Å². The van der Waals surface area contributed by atoms with E-state index in [0.717, 1.165) is 5.56 Å². The minimum absolute atomic E-state index is 0.00257. The van der Waals surface area contributed by atoms with E-state index in [1.54, 1.807) is 21.9 Å². The van der Waals surface area contributed by atoms with E-state index in [9.17, 15) is 14.0 Å². The molecule has 0 spiro atoms. The van der Waals surface area contributed by atoms with E-state index in [1.165, 1.54) is 12.1 Å². The number of hydrogen-bond acceptors (Lipinski definition) is 2. The number of halogens is 1. The highest BCUT2D eigenvalue weighted by Gasteiger charge is 2.24. The first-order chi connectivity index (χ1) is 12.0. The summed E-state index contributed by atoms with van der Waals surface area (Å²) >= 11 is 0. The van der Waals surface area contributed by atoms with Gasteiger partial charge in [0.2, 0.25) is 5.91 Å². The molecular weight excluding hydrogens is 319 g/mol. The Balaban J connectivity index is 1.55. The summed E-state index contributed by atoms with van der Waals surface area (Å²) in [6, 6.07) is 13.6. The Kier molecular flexibility index (Phi) is 5.12. The molecule has 0 N–H and O–H groups in total. The van der Waals surface area contributed by atoms with Crippen molar-refractivity contribution in [1.82, 2.24) is 9.80 Å². The van der Waals surface area contributed by atoms with Gasteiger partial charge in [-0.15, -0.1) is 0 Å². The zero-order valence-electron chi connectivity index (χ0n) is 14.2. The van der Waals surface area contributed by atoms with Crippen molar-refractivity contribution in [2.24, 2.45) is 0 Å². The fourth-order valence-corrected chi connectivity index (χ4v) is 2.97. The normalized spacial score (nSPS) is 14.5. The van der Waals surface area contributed by atoms with Gasteiger partial charge in [0.05, 0.1) is 6.42 Å². The summed E-state index contributed by atoms with van der Waals surface area (Å²) in [6.45, 7) is 4.03. The van der Waals surface area contributed by atoms with Gasteiger partial charge in [-0.3, -0.25) is 9.59 Å². The van der Waals surface area contributed by atoms with Gasteiger partial charge in [0.1, 0.15) is 5.82 Å². The van der Waals surface area contributed by atoms with E-state index in [4.69, 9.17) is 0 Å². The Morgan fingerprint density at radius 2 is 1.60 bits per heavy atom. The fourth-order valence-electron chi connectivity index (χ4n) is 2.97. The van der Waals surface area contributed by atoms with Crippen LogP contribution in [0.4, 0.5) is 4.39 Å². The first kappa shape index (κ1) is 17.1. The lowest BCUT2D eigenvalue weighted by molar-refractivity contribution is -0.131. The molecule has 130 valence electrons. The number of benzene rings is 2. The lowest BCUT2D eigenvalue weighted by atomic mass is 10.1. The standard InChI is InChI=1S/C20H21FN2O2/c1-15-5-7-17(8-6-15)20(25)23-11-9-22(10-12-23)19(24)14-16-3-2-4-18(21)13-16/h2-8,13H,9-12,14H2,1H3. The third-order valence-corrected chi connectivity index (χ3v) is 4.46. The van der Waals surface area contributed by atoms with Crippen LogP contribution >= 0.6 is 0 Å². The van der Waals surface area contributed by atoms with Crippen molar-refractivity contribution in [1.29, 1.82) is 0 Å². The molecule has 0 radical (unpaired) electrons. The molecule has 25 heavy (non-hydrogen) atoms. The zero-order chi connectivity index (χ0) is 17.8. The van der Waals surface area contributed by atoms with Crippen LogP contribution in [0.15, 0.2) is 48.5 Å². The highest BCUT2D eigenvalue weighted by Crippen LogP contribution is 2.12. The number of carbonyl (C=O) groups excluding carboxylic acids is 2. The number of amides is 2. The molecule has 5 heteroatoms. The molecule has 1 heterocycles. The second kappa shape index (κ2) is 7.47. The Morgan fingerprint density at radius 3 is 2.24 bits per heavy atom. The molecule has 0 atom stereocenters. The molecule has 0 saturated carbocycles. The molecule has 0 aliphatic carbocycles. The molecule has 1 aliphatic rings. The van der Waals surface area contributed by atoms with E-state index >= 15 is 0 Å². The first-order valence-corrected chi connectivity index (χ1v) is 8.41. The average Bonchev–Trinajstić information content (AvgIpc) is 2.62. The zero-order valence-corrected chi connectivity index (χ0v) is 14.2. The lowest BCUT2D eigenvalue weighted by Gasteiger charge is -2.35. The van der Waals surface area contributed by atoms with E-state index in [2.05, 4.69) is 0 Å². The second-order valence-corrected chi connectivity index (χ2v) is 6.35. The van der Waals surface area contributed by atoms with Crippen LogP contribution < -0.4 is 0 Å². The summed E-state index contributed by atoms with van der Waals surface area (Å²) in [7, 11) is 0. The highest BCUT2D eigenvalue weighted by molar-refractivity contribution is 5.94. The minimum Gasteiger partial charge on any atom is -0.339 e. The van der Waals surface area contributed by atoms with Crippen LogP contribution in [0, 0.1) is 12.7 Å². The fraction of sp³-hybridized carbons (Fsp3) is 0.300. The van der Waals surface area contributed by atoms with Gasteiger partial charge < -0.3 is 9.80 Å². The van der Waals surface area contributed by atoms with Gasteiger partial charge in [-0.2, -0.15) is 0 Å². The van der Waals surface area contributed by atoms with Crippen LogP contribution in [0.3, 0.4) is 0 Å². The predicted octanol–water partition coefficient (Wildman–Crippen LogP) is 2.66. The van der Waals surface area contributed by atoms with Crippen LogP contribution in [0.25, 0.3) is 0 Å². The van der Waals surface area contributed by atoms with Crippen LogP contribution in [0.2, 0.25) is 0 Å². The molecule has 0 aromatic heterocycles. The molecule has 0 bridgehead atoms. The van der Waals surface area contributed by atoms with E-state index < -0.39 is 0 Å². The third-order valence-electron chi connectivity index (χ3n) is 4.46. The third kappa shape index (κ3) is 4.24. The van der Waals surface area contributed by atoms with Gasteiger partial charge in [-0.1, -0.05) is 29.8 Å². The Hall–Kier alpha value is -2.69. The van der Waals surface area contributed by atoms with Gasteiger partial charge >= 0.3 is 0 Å². The van der Waals surface area contributed by atoms with Crippen LogP contribution in [0.5, 0.6) is 0 Å². The first-order valence-electron chi connectivity index (χ1n) is 8.41. The Labute approximate surface area is 146 Å². The quantitative estimate of drug-likeness (QED) is 0.862. The maximum atomic E-state index is 13.2. The summed E-state index contributed by atoms with van der Waals surface area (Å²) in [6.07, 6.45) is 0.184. The molecule has 2 aromatic carbocycles. The molecule has 2 amide bonds. The molecule has 0 unspecified atom stereocenters. The highest BCUT2D eigenvalue weighted by atomic mass is 19.1. The number of rotatable bonds is 3. The molecule has 2 aromatic rings. The second-order valence-electron chi connectivity index (χ2n) is 6.35. The van der Waals surface area contributed by atoms with E-state index in [-0.39, 0.29) is 24.1 Å². The SMILES string of the molecule is Cc1ccc(C(=O)N2CCN(C(=O)Cc3cccc(F)c3)CC2)cc1. The monoisotopic (exact) mass is 340 g/mol. The molecule has 4 nitrogen and oxygen atoms in total. The van der Waals surface area contributed by atoms with Crippen LogP contribution in [-0.4, -0.2) is 47.8 Å². The van der Waals surface area contributed by atoms with Crippen molar-refractivity contribution >= 4 is 11.8 Å². The van der Waals surface area contributed by atoms with Crippen molar-refractivity contribution in [2.45, 2.75) is 13.3 Å².